The molecule has 1 heterocycles. The van der Waals surface area contributed by atoms with Crippen LogP contribution in [0.2, 0.25) is 0 Å². The van der Waals surface area contributed by atoms with Crippen molar-refractivity contribution in [2.45, 2.75) is 52.4 Å². The number of amides is 2. The smallest absolute Gasteiger partial charge is 0.417 e. The van der Waals surface area contributed by atoms with Gasteiger partial charge in [-0.25, -0.2) is 4.79 Å². The number of hydrogen-bond acceptors (Lipinski definition) is 5. The van der Waals surface area contributed by atoms with Crippen molar-refractivity contribution in [1.82, 2.24) is 4.90 Å². The minimum absolute atomic E-state index is 0.0272. The topological polar surface area (TPSA) is 84.9 Å². The molecule has 3 aromatic rings. The number of unbranched alkanes of at least 4 members (excludes halogenated alkanes) is 1. The molecule has 222 valence electrons. The fourth-order valence-electron chi connectivity index (χ4n) is 4.94. The number of halogens is 3. The molecule has 0 aromatic heterocycles. The molecule has 3 aromatic carbocycles. The molecule has 0 aliphatic carbocycles. The summed E-state index contributed by atoms with van der Waals surface area (Å²) in [7, 11) is 1.24. The molecule has 0 saturated heterocycles. The van der Waals surface area contributed by atoms with Crippen LogP contribution in [0.25, 0.3) is 11.1 Å². The maximum absolute atomic E-state index is 14.2. The number of carbonyl (C=O) groups is 3. The van der Waals surface area contributed by atoms with E-state index in [1.807, 2.05) is 6.92 Å². The summed E-state index contributed by atoms with van der Waals surface area (Å²) in [6, 6.07) is 13.6. The number of carbonyl (C=O) groups excluding carboxylic acids is 3. The highest BCUT2D eigenvalue weighted by Crippen LogP contribution is 2.40. The Morgan fingerprint density at radius 3 is 2.33 bits per heavy atom. The van der Waals surface area contributed by atoms with Crippen molar-refractivity contribution in [3.8, 4) is 16.9 Å². The molecule has 1 atom stereocenters. The van der Waals surface area contributed by atoms with Crippen LogP contribution < -0.4 is 10.1 Å². The molecular formula is C32H33F3N2O5. The number of nitrogens with one attached hydrogen (secondary N) is 1. The molecule has 0 bridgehead atoms. The van der Waals surface area contributed by atoms with Crippen LogP contribution in [-0.2, 0) is 22.3 Å². The normalized spacial score (nSPS) is 13.6. The number of benzene rings is 3. The second kappa shape index (κ2) is 12.7. The predicted molar refractivity (Wildman–Crippen MR) is 152 cm³/mol. The first kappa shape index (κ1) is 30.6. The van der Waals surface area contributed by atoms with Gasteiger partial charge < -0.3 is 19.7 Å². The summed E-state index contributed by atoms with van der Waals surface area (Å²) < 4.78 is 53.1. The number of methoxy groups -OCH3 is 1. The van der Waals surface area contributed by atoms with Crippen molar-refractivity contribution in [1.29, 1.82) is 0 Å². The van der Waals surface area contributed by atoms with E-state index >= 15 is 0 Å². The van der Waals surface area contributed by atoms with Gasteiger partial charge in [0.1, 0.15) is 11.8 Å². The van der Waals surface area contributed by atoms with Gasteiger partial charge in [-0.3, -0.25) is 9.59 Å². The highest BCUT2D eigenvalue weighted by atomic mass is 19.4. The number of esters is 1. The molecule has 2 amide bonds. The Hall–Kier alpha value is -4.34. The van der Waals surface area contributed by atoms with Gasteiger partial charge in [-0.1, -0.05) is 45.4 Å². The molecule has 0 radical (unpaired) electrons. The summed E-state index contributed by atoms with van der Waals surface area (Å²) in [5.41, 5.74) is 0.164. The lowest BCUT2D eigenvalue weighted by molar-refractivity contribution is -0.147. The number of rotatable bonds is 10. The minimum Gasteiger partial charge on any atom is -0.494 e. The van der Waals surface area contributed by atoms with Crippen LogP contribution in [0.5, 0.6) is 5.75 Å². The highest BCUT2D eigenvalue weighted by molar-refractivity contribution is 6.05. The molecule has 1 N–H and O–H groups in total. The lowest BCUT2D eigenvalue weighted by Crippen LogP contribution is -2.45. The van der Waals surface area contributed by atoms with E-state index in [1.54, 1.807) is 44.2 Å². The van der Waals surface area contributed by atoms with Gasteiger partial charge in [-0.15, -0.1) is 0 Å². The van der Waals surface area contributed by atoms with Crippen LogP contribution in [0.15, 0.2) is 60.7 Å². The standard InChI is InChI=1S/C32H33F3N2O5/c1-5-6-15-42-24-12-9-20(10-13-24)29(38)36-23-11-14-25(27(17-23)32(33,34)35)21-7-8-22-18-37(30(39)26(22)16-21)28(19(2)3)31(40)41-4/h7-14,16-17,19,28H,5-6,15,18H2,1-4H3,(H,36,38)/t28-/m0/s1. The lowest BCUT2D eigenvalue weighted by atomic mass is 9.95. The number of nitrogens with zero attached hydrogens (tertiary/aromatic N) is 1. The van der Waals surface area contributed by atoms with Gasteiger partial charge >= 0.3 is 12.1 Å². The summed E-state index contributed by atoms with van der Waals surface area (Å²) in [4.78, 5) is 39.8. The summed E-state index contributed by atoms with van der Waals surface area (Å²) in [5.74, 6) is -1.20. The first-order valence-corrected chi connectivity index (χ1v) is 13.7. The minimum atomic E-state index is -4.74. The zero-order valence-corrected chi connectivity index (χ0v) is 23.9. The van der Waals surface area contributed by atoms with Gasteiger partial charge in [0.2, 0.25) is 0 Å². The molecule has 1 aliphatic rings. The second-order valence-electron chi connectivity index (χ2n) is 10.5. The Labute approximate surface area is 242 Å². The number of ether oxygens (including phenoxy) is 2. The van der Waals surface area contributed by atoms with Crippen molar-refractivity contribution in [3.63, 3.8) is 0 Å². The van der Waals surface area contributed by atoms with Gasteiger partial charge in [0.05, 0.1) is 19.3 Å². The van der Waals surface area contributed by atoms with Crippen molar-refractivity contribution in [3.05, 3.63) is 82.9 Å². The van der Waals surface area contributed by atoms with Crippen LogP contribution in [-0.4, -0.2) is 42.4 Å². The molecule has 0 saturated carbocycles. The van der Waals surface area contributed by atoms with E-state index in [0.29, 0.717) is 17.9 Å². The third-order valence-corrected chi connectivity index (χ3v) is 7.13. The Bertz CT molecular complexity index is 1470. The molecule has 1 aliphatic heterocycles. The molecule has 42 heavy (non-hydrogen) atoms. The van der Waals surface area contributed by atoms with E-state index in [9.17, 15) is 27.6 Å². The van der Waals surface area contributed by atoms with Crippen molar-refractivity contribution in [2.24, 2.45) is 5.92 Å². The second-order valence-corrected chi connectivity index (χ2v) is 10.5. The van der Waals surface area contributed by atoms with Crippen molar-refractivity contribution < 1.29 is 37.0 Å². The monoisotopic (exact) mass is 582 g/mol. The van der Waals surface area contributed by atoms with Crippen molar-refractivity contribution >= 4 is 23.5 Å². The predicted octanol–water partition coefficient (Wildman–Crippen LogP) is 6.96. The van der Waals surface area contributed by atoms with Gasteiger partial charge in [-0.2, -0.15) is 13.2 Å². The van der Waals surface area contributed by atoms with Crippen LogP contribution in [0.3, 0.4) is 0 Å². The van der Waals surface area contributed by atoms with Crippen LogP contribution >= 0.6 is 0 Å². The molecule has 0 spiro atoms. The summed E-state index contributed by atoms with van der Waals surface area (Å²) in [6.45, 7) is 6.32. The highest BCUT2D eigenvalue weighted by Gasteiger charge is 2.39. The summed E-state index contributed by atoms with van der Waals surface area (Å²) >= 11 is 0. The lowest BCUT2D eigenvalue weighted by Gasteiger charge is -2.28. The van der Waals surface area contributed by atoms with Crippen LogP contribution in [0.4, 0.5) is 18.9 Å². The quantitative estimate of drug-likeness (QED) is 0.206. The van der Waals surface area contributed by atoms with Gasteiger partial charge in [0, 0.05) is 23.4 Å². The Morgan fingerprint density at radius 1 is 1.00 bits per heavy atom. The van der Waals surface area contributed by atoms with Gasteiger partial charge in [-0.05, 0) is 71.5 Å². The van der Waals surface area contributed by atoms with Crippen LogP contribution in [0, 0.1) is 5.92 Å². The number of alkyl halides is 3. The van der Waals surface area contributed by atoms with E-state index in [4.69, 9.17) is 9.47 Å². The van der Waals surface area contributed by atoms with E-state index in [0.717, 1.165) is 18.9 Å². The number of anilines is 1. The maximum Gasteiger partial charge on any atom is 0.417 e. The molecule has 0 unspecified atom stereocenters. The Balaban J connectivity index is 1.58. The van der Waals surface area contributed by atoms with Gasteiger partial charge in [0.15, 0.2) is 0 Å². The molecule has 7 nitrogen and oxygen atoms in total. The van der Waals surface area contributed by atoms with E-state index in [-0.39, 0.29) is 40.4 Å². The van der Waals surface area contributed by atoms with Crippen LogP contribution in [0.1, 0.15) is 65.5 Å². The molecule has 4 rings (SSSR count). The molecule has 10 heteroatoms. The van der Waals surface area contributed by atoms with Gasteiger partial charge in [0.25, 0.3) is 11.8 Å². The number of hydrogen-bond donors (Lipinski definition) is 1. The third-order valence-electron chi connectivity index (χ3n) is 7.13. The van der Waals surface area contributed by atoms with E-state index in [2.05, 4.69) is 5.32 Å². The van der Waals surface area contributed by atoms with E-state index < -0.39 is 35.6 Å². The summed E-state index contributed by atoms with van der Waals surface area (Å²) in [6.07, 6.45) is -2.86. The van der Waals surface area contributed by atoms with Crippen molar-refractivity contribution in [2.75, 3.05) is 19.0 Å². The maximum atomic E-state index is 14.2. The number of fused-ring (bicyclic) bond motifs is 1. The SMILES string of the molecule is CCCCOc1ccc(C(=O)Nc2ccc(-c3ccc4c(c3)C(=O)N([C@H](C(=O)OC)C(C)C)C4)c(C(F)(F)F)c2)cc1. The fourth-order valence-corrected chi connectivity index (χ4v) is 4.94. The average Bonchev–Trinajstić information content (AvgIpc) is 3.27. The third kappa shape index (κ3) is 6.58. The molecule has 0 fully saturated rings. The largest absolute Gasteiger partial charge is 0.494 e. The van der Waals surface area contributed by atoms with E-state index in [1.165, 1.54) is 36.3 Å². The Morgan fingerprint density at radius 2 is 1.71 bits per heavy atom. The first-order valence-electron chi connectivity index (χ1n) is 13.7. The fraction of sp³-hybridized carbons (Fsp3) is 0.344. The summed E-state index contributed by atoms with van der Waals surface area (Å²) in [5, 5.41) is 2.53. The zero-order chi connectivity index (χ0) is 30.6. The molecular weight excluding hydrogens is 549 g/mol. The first-order chi connectivity index (χ1) is 19.9. The average molecular weight is 583 g/mol. The Kier molecular flexibility index (Phi) is 9.23. The zero-order valence-electron chi connectivity index (χ0n) is 23.9.